The Bertz CT molecular complexity index is 315. The molecule has 0 aromatic rings. The van der Waals surface area contributed by atoms with E-state index in [1.807, 2.05) is 11.8 Å². The van der Waals surface area contributed by atoms with Crippen molar-refractivity contribution in [3.63, 3.8) is 0 Å². The first-order chi connectivity index (χ1) is 8.70. The molecule has 0 bridgehead atoms. The summed E-state index contributed by atoms with van der Waals surface area (Å²) in [7, 11) is 0. The lowest BCUT2D eigenvalue weighted by molar-refractivity contribution is -0.151. The van der Waals surface area contributed by atoms with E-state index < -0.39 is 0 Å². The van der Waals surface area contributed by atoms with Crippen LogP contribution in [0.1, 0.15) is 26.2 Å². The highest BCUT2D eigenvalue weighted by Gasteiger charge is 2.31. The van der Waals surface area contributed by atoms with Gasteiger partial charge in [-0.1, -0.05) is 0 Å². The lowest BCUT2D eigenvalue weighted by Gasteiger charge is -2.34. The lowest BCUT2D eigenvalue weighted by Crippen LogP contribution is -2.48. The highest BCUT2D eigenvalue weighted by molar-refractivity contribution is 5.78. The molecule has 5 nitrogen and oxygen atoms in total. The molecule has 0 aromatic carbocycles. The van der Waals surface area contributed by atoms with Crippen LogP contribution in [-0.2, 0) is 14.3 Å². The summed E-state index contributed by atoms with van der Waals surface area (Å²) in [4.78, 5) is 25.6. The summed E-state index contributed by atoms with van der Waals surface area (Å²) in [6.07, 6.45) is 2.36. The standard InChI is InChI=1S/C13H22N2O3/c1-2-18-13(17)11-4-3-5-15(9-11)12(16)6-10-7-14-8-10/h10-11,14H,2-9H2,1H3. The number of hydrogen-bond donors (Lipinski definition) is 1. The van der Waals surface area contributed by atoms with Crippen LogP contribution >= 0.6 is 0 Å². The molecule has 2 fully saturated rings. The Morgan fingerprint density at radius 2 is 2.17 bits per heavy atom. The van der Waals surface area contributed by atoms with Crippen molar-refractivity contribution in [1.82, 2.24) is 10.2 Å². The molecule has 2 aliphatic heterocycles. The van der Waals surface area contributed by atoms with Gasteiger partial charge in [-0.3, -0.25) is 9.59 Å². The number of carbonyl (C=O) groups excluding carboxylic acids is 2. The predicted molar refractivity (Wildman–Crippen MR) is 66.9 cm³/mol. The van der Waals surface area contributed by atoms with Crippen LogP contribution in [0, 0.1) is 11.8 Å². The molecule has 0 saturated carbocycles. The summed E-state index contributed by atoms with van der Waals surface area (Å²) in [5.74, 6) is 0.401. The molecule has 1 N–H and O–H groups in total. The molecule has 0 aliphatic carbocycles. The van der Waals surface area contributed by atoms with Crippen LogP contribution in [0.4, 0.5) is 0 Å². The van der Waals surface area contributed by atoms with E-state index in [0.29, 0.717) is 25.5 Å². The van der Waals surface area contributed by atoms with Crippen molar-refractivity contribution in [3.05, 3.63) is 0 Å². The van der Waals surface area contributed by atoms with Crippen LogP contribution in [0.15, 0.2) is 0 Å². The van der Waals surface area contributed by atoms with Gasteiger partial charge in [-0.2, -0.15) is 0 Å². The molecule has 0 radical (unpaired) electrons. The number of hydrogen-bond acceptors (Lipinski definition) is 4. The number of nitrogens with one attached hydrogen (secondary N) is 1. The molecule has 2 heterocycles. The van der Waals surface area contributed by atoms with Crippen molar-refractivity contribution in [2.75, 3.05) is 32.8 Å². The fraction of sp³-hybridized carbons (Fsp3) is 0.846. The van der Waals surface area contributed by atoms with Crippen LogP contribution in [0.5, 0.6) is 0 Å². The van der Waals surface area contributed by atoms with E-state index in [1.165, 1.54) is 0 Å². The summed E-state index contributed by atoms with van der Waals surface area (Å²) in [5.41, 5.74) is 0. The molecule has 18 heavy (non-hydrogen) atoms. The molecule has 0 aromatic heterocycles. The summed E-state index contributed by atoms with van der Waals surface area (Å²) in [6.45, 7) is 5.44. The van der Waals surface area contributed by atoms with E-state index in [1.54, 1.807) is 0 Å². The van der Waals surface area contributed by atoms with E-state index in [-0.39, 0.29) is 17.8 Å². The zero-order valence-electron chi connectivity index (χ0n) is 11.0. The molecule has 5 heteroatoms. The van der Waals surface area contributed by atoms with Crippen LogP contribution < -0.4 is 5.32 Å². The Hall–Kier alpha value is -1.10. The minimum absolute atomic E-state index is 0.123. The Morgan fingerprint density at radius 1 is 1.39 bits per heavy atom. The maximum absolute atomic E-state index is 12.1. The lowest BCUT2D eigenvalue weighted by atomic mass is 9.95. The molecule has 1 amide bonds. The van der Waals surface area contributed by atoms with Gasteiger partial charge in [0.1, 0.15) is 0 Å². The number of carbonyl (C=O) groups is 2. The number of amides is 1. The minimum atomic E-state index is -0.152. The van der Waals surface area contributed by atoms with E-state index >= 15 is 0 Å². The Morgan fingerprint density at radius 3 is 2.78 bits per heavy atom. The van der Waals surface area contributed by atoms with E-state index in [2.05, 4.69) is 5.32 Å². The number of ether oxygens (including phenoxy) is 1. The largest absolute Gasteiger partial charge is 0.466 e. The van der Waals surface area contributed by atoms with Crippen molar-refractivity contribution >= 4 is 11.9 Å². The average Bonchev–Trinajstić information content (AvgIpc) is 2.34. The van der Waals surface area contributed by atoms with Gasteiger partial charge in [0, 0.05) is 19.5 Å². The highest BCUT2D eigenvalue weighted by atomic mass is 16.5. The highest BCUT2D eigenvalue weighted by Crippen LogP contribution is 2.20. The van der Waals surface area contributed by atoms with Gasteiger partial charge >= 0.3 is 5.97 Å². The molecule has 1 unspecified atom stereocenters. The van der Waals surface area contributed by atoms with Crippen molar-refractivity contribution in [3.8, 4) is 0 Å². The van der Waals surface area contributed by atoms with Crippen LogP contribution in [0.3, 0.4) is 0 Å². The van der Waals surface area contributed by atoms with Gasteiger partial charge in [-0.15, -0.1) is 0 Å². The first kappa shape index (κ1) is 13.3. The van der Waals surface area contributed by atoms with Gasteiger partial charge in [-0.25, -0.2) is 0 Å². The Balaban J connectivity index is 1.81. The number of rotatable bonds is 4. The fourth-order valence-electron chi connectivity index (χ4n) is 2.53. The van der Waals surface area contributed by atoms with Gasteiger partial charge in [0.2, 0.25) is 5.91 Å². The van der Waals surface area contributed by atoms with E-state index in [9.17, 15) is 9.59 Å². The van der Waals surface area contributed by atoms with Crippen LogP contribution in [0.25, 0.3) is 0 Å². The second-order valence-electron chi connectivity index (χ2n) is 5.16. The third-order valence-corrected chi connectivity index (χ3v) is 3.72. The van der Waals surface area contributed by atoms with Crippen molar-refractivity contribution in [2.45, 2.75) is 26.2 Å². The van der Waals surface area contributed by atoms with Crippen molar-refractivity contribution in [1.29, 1.82) is 0 Å². The number of piperidine rings is 1. The van der Waals surface area contributed by atoms with Crippen LogP contribution in [0.2, 0.25) is 0 Å². The van der Waals surface area contributed by atoms with Crippen molar-refractivity contribution < 1.29 is 14.3 Å². The van der Waals surface area contributed by atoms with Gasteiger partial charge in [0.05, 0.1) is 12.5 Å². The maximum atomic E-state index is 12.1. The SMILES string of the molecule is CCOC(=O)C1CCCN(C(=O)CC2CNC2)C1. The third-order valence-electron chi connectivity index (χ3n) is 3.72. The topological polar surface area (TPSA) is 58.6 Å². The van der Waals surface area contributed by atoms with Gasteiger partial charge in [0.15, 0.2) is 0 Å². The summed E-state index contributed by atoms with van der Waals surface area (Å²) >= 11 is 0. The fourth-order valence-corrected chi connectivity index (χ4v) is 2.53. The van der Waals surface area contributed by atoms with E-state index in [4.69, 9.17) is 4.74 Å². The van der Waals surface area contributed by atoms with Gasteiger partial charge in [0.25, 0.3) is 0 Å². The molecule has 102 valence electrons. The molecule has 2 aliphatic rings. The summed E-state index contributed by atoms with van der Waals surface area (Å²) in [6, 6.07) is 0. The monoisotopic (exact) mass is 254 g/mol. The summed E-state index contributed by atoms with van der Waals surface area (Å²) < 4.78 is 5.04. The number of nitrogens with zero attached hydrogens (tertiary/aromatic N) is 1. The third kappa shape index (κ3) is 3.22. The quantitative estimate of drug-likeness (QED) is 0.738. The summed E-state index contributed by atoms with van der Waals surface area (Å²) in [5, 5.41) is 3.17. The Labute approximate surface area is 108 Å². The van der Waals surface area contributed by atoms with Gasteiger partial charge < -0.3 is 15.0 Å². The smallest absolute Gasteiger partial charge is 0.310 e. The first-order valence-electron chi connectivity index (χ1n) is 6.85. The average molecular weight is 254 g/mol. The molecular formula is C13H22N2O3. The first-order valence-corrected chi connectivity index (χ1v) is 6.85. The molecular weight excluding hydrogens is 232 g/mol. The number of esters is 1. The number of likely N-dealkylation sites (tertiary alicyclic amines) is 1. The van der Waals surface area contributed by atoms with Gasteiger partial charge in [-0.05, 0) is 38.8 Å². The second-order valence-corrected chi connectivity index (χ2v) is 5.16. The Kier molecular flexibility index (Phi) is 4.58. The van der Waals surface area contributed by atoms with Crippen LogP contribution in [-0.4, -0.2) is 49.6 Å². The molecule has 2 saturated heterocycles. The second kappa shape index (κ2) is 6.18. The molecule has 1 atom stereocenters. The van der Waals surface area contributed by atoms with E-state index in [0.717, 1.165) is 32.5 Å². The van der Waals surface area contributed by atoms with Crippen molar-refractivity contribution in [2.24, 2.45) is 11.8 Å². The molecule has 0 spiro atoms. The predicted octanol–water partition coefficient (Wildman–Crippen LogP) is 0.398. The molecule has 2 rings (SSSR count). The minimum Gasteiger partial charge on any atom is -0.466 e. The maximum Gasteiger partial charge on any atom is 0.310 e. The zero-order valence-corrected chi connectivity index (χ0v) is 11.0. The normalized spacial score (nSPS) is 24.5. The zero-order chi connectivity index (χ0) is 13.0.